The van der Waals surface area contributed by atoms with Crippen LogP contribution in [-0.2, 0) is 11.2 Å². The average molecular weight is 431 g/mol. The van der Waals surface area contributed by atoms with Gasteiger partial charge in [-0.05, 0) is 23.8 Å². The van der Waals surface area contributed by atoms with Crippen LogP contribution >= 0.6 is 22.9 Å². The van der Waals surface area contributed by atoms with Crippen LogP contribution in [0.25, 0.3) is 0 Å². The van der Waals surface area contributed by atoms with Crippen LogP contribution in [0.5, 0.6) is 0 Å². The third kappa shape index (κ3) is 5.84. The van der Waals surface area contributed by atoms with Crippen molar-refractivity contribution in [3.8, 4) is 0 Å². The minimum Gasteiger partial charge on any atom is -0.343 e. The van der Waals surface area contributed by atoms with Gasteiger partial charge in [0.05, 0.1) is 11.5 Å². The van der Waals surface area contributed by atoms with Gasteiger partial charge in [0.25, 0.3) is 11.6 Å². The summed E-state index contributed by atoms with van der Waals surface area (Å²) >= 11 is 7.20. The van der Waals surface area contributed by atoms with Crippen molar-refractivity contribution in [3.05, 3.63) is 85.9 Å². The molecule has 3 rings (SSSR count). The van der Waals surface area contributed by atoms with Crippen LogP contribution in [0.3, 0.4) is 0 Å². The molecule has 2 N–H and O–H groups in total. The summed E-state index contributed by atoms with van der Waals surface area (Å²) in [7, 11) is 0. The number of hydrogen-bond acceptors (Lipinski definition) is 6. The number of rotatable bonds is 7. The fourth-order valence-electron chi connectivity index (χ4n) is 2.44. The molecule has 0 fully saturated rings. The summed E-state index contributed by atoms with van der Waals surface area (Å²) in [5.74, 6) is -1.03. The zero-order valence-corrected chi connectivity index (χ0v) is 16.5. The molecular formula is C19H15ClN4O4S. The van der Waals surface area contributed by atoms with Gasteiger partial charge in [-0.2, -0.15) is 0 Å². The molecule has 0 spiro atoms. The van der Waals surface area contributed by atoms with E-state index >= 15 is 0 Å². The maximum atomic E-state index is 12.1. The zero-order chi connectivity index (χ0) is 20.8. The number of carbonyl (C=O) groups excluding carboxylic acids is 2. The van der Waals surface area contributed by atoms with Crippen LogP contribution in [0.1, 0.15) is 20.8 Å². The van der Waals surface area contributed by atoms with Gasteiger partial charge in [0.1, 0.15) is 0 Å². The topological polar surface area (TPSA) is 114 Å². The molecule has 148 valence electrons. The molecule has 10 heteroatoms. The number of non-ortho nitro benzene ring substituents is 1. The lowest BCUT2D eigenvalue weighted by molar-refractivity contribution is -0.384. The molecule has 0 atom stereocenters. The highest BCUT2D eigenvalue weighted by atomic mass is 35.5. The molecule has 0 aliphatic rings. The van der Waals surface area contributed by atoms with Gasteiger partial charge in [-0.15, -0.1) is 11.3 Å². The van der Waals surface area contributed by atoms with Gasteiger partial charge < -0.3 is 10.6 Å². The minimum atomic E-state index is -0.590. The average Bonchev–Trinajstić information content (AvgIpc) is 3.14. The van der Waals surface area contributed by atoms with Gasteiger partial charge in [-0.25, -0.2) is 4.98 Å². The first-order valence-electron chi connectivity index (χ1n) is 8.42. The lowest BCUT2D eigenvalue weighted by Crippen LogP contribution is -2.32. The molecule has 2 aromatic carbocycles. The normalized spacial score (nSPS) is 10.4. The number of halogens is 1. The quantitative estimate of drug-likeness (QED) is 0.438. The predicted octanol–water partition coefficient (Wildman–Crippen LogP) is 3.66. The number of benzene rings is 2. The third-order valence-electron chi connectivity index (χ3n) is 3.82. The van der Waals surface area contributed by atoms with E-state index in [1.807, 2.05) is 24.3 Å². The van der Waals surface area contributed by atoms with Crippen molar-refractivity contribution in [2.24, 2.45) is 0 Å². The van der Waals surface area contributed by atoms with E-state index in [9.17, 15) is 19.7 Å². The van der Waals surface area contributed by atoms with Crippen LogP contribution in [0.4, 0.5) is 10.8 Å². The monoisotopic (exact) mass is 430 g/mol. The zero-order valence-electron chi connectivity index (χ0n) is 14.9. The molecule has 0 saturated carbocycles. The van der Waals surface area contributed by atoms with E-state index in [1.54, 1.807) is 6.20 Å². The molecule has 0 unspecified atom stereocenters. The number of carbonyl (C=O) groups is 2. The van der Waals surface area contributed by atoms with Crippen LogP contribution in [0, 0.1) is 10.1 Å². The van der Waals surface area contributed by atoms with Gasteiger partial charge >= 0.3 is 0 Å². The second-order valence-corrected chi connectivity index (χ2v) is 7.52. The number of aromatic nitrogens is 1. The van der Waals surface area contributed by atoms with Gasteiger partial charge in [0.15, 0.2) is 5.13 Å². The Morgan fingerprint density at radius 1 is 1.17 bits per heavy atom. The van der Waals surface area contributed by atoms with Crippen molar-refractivity contribution < 1.29 is 14.5 Å². The Bertz CT molecular complexity index is 1050. The van der Waals surface area contributed by atoms with Gasteiger partial charge in [0.2, 0.25) is 5.91 Å². The van der Waals surface area contributed by atoms with E-state index < -0.39 is 16.7 Å². The maximum Gasteiger partial charge on any atom is 0.270 e. The summed E-state index contributed by atoms with van der Waals surface area (Å²) in [6, 6.07) is 12.7. The van der Waals surface area contributed by atoms with Crippen molar-refractivity contribution in [1.29, 1.82) is 0 Å². The molecule has 0 bridgehead atoms. The van der Waals surface area contributed by atoms with E-state index in [1.165, 1.54) is 29.5 Å². The lowest BCUT2D eigenvalue weighted by Gasteiger charge is -2.05. The van der Waals surface area contributed by atoms with Crippen LogP contribution < -0.4 is 10.6 Å². The molecule has 1 heterocycles. The molecule has 0 aliphatic carbocycles. The van der Waals surface area contributed by atoms with Crippen molar-refractivity contribution in [2.75, 3.05) is 11.9 Å². The van der Waals surface area contributed by atoms with E-state index in [4.69, 9.17) is 11.6 Å². The fraction of sp³-hybridized carbons (Fsp3) is 0.105. The SMILES string of the molecule is O=C(CNC(=O)c1cccc([N+](=O)[O-])c1)Nc1ncc(Cc2ccc(Cl)cc2)s1. The molecule has 8 nitrogen and oxygen atoms in total. The van der Waals surface area contributed by atoms with E-state index in [2.05, 4.69) is 15.6 Å². The molecule has 0 aliphatic heterocycles. The molecule has 1 aromatic heterocycles. The predicted molar refractivity (Wildman–Crippen MR) is 110 cm³/mol. The highest BCUT2D eigenvalue weighted by Crippen LogP contribution is 2.22. The van der Waals surface area contributed by atoms with E-state index in [-0.39, 0.29) is 17.8 Å². The number of nitrogens with one attached hydrogen (secondary N) is 2. The molecule has 2 amide bonds. The fourth-order valence-corrected chi connectivity index (χ4v) is 3.43. The number of nitrogens with zero attached hydrogens (tertiary/aromatic N) is 2. The van der Waals surface area contributed by atoms with Crippen molar-refractivity contribution in [2.45, 2.75) is 6.42 Å². The summed E-state index contributed by atoms with van der Waals surface area (Å²) in [5, 5.41) is 16.9. The largest absolute Gasteiger partial charge is 0.343 e. The third-order valence-corrected chi connectivity index (χ3v) is 4.98. The standard InChI is InChI=1S/C19H15ClN4O4S/c20-14-6-4-12(5-7-14)8-16-10-22-19(29-16)23-17(25)11-21-18(26)13-2-1-3-15(9-13)24(27)28/h1-7,9-10H,8,11H2,(H,21,26)(H,22,23,25). The second-order valence-electron chi connectivity index (χ2n) is 5.97. The van der Waals surface area contributed by atoms with E-state index in [0.717, 1.165) is 16.5 Å². The summed E-state index contributed by atoms with van der Waals surface area (Å²) in [6.45, 7) is -0.284. The Labute approximate surface area is 174 Å². The Kier molecular flexibility index (Phi) is 6.53. The number of anilines is 1. The Hall–Kier alpha value is -3.30. The van der Waals surface area contributed by atoms with Crippen LogP contribution in [0.15, 0.2) is 54.7 Å². The first-order chi connectivity index (χ1) is 13.9. The Balaban J connectivity index is 1.51. The van der Waals surface area contributed by atoms with E-state index in [0.29, 0.717) is 16.6 Å². The number of thiazole rings is 1. The molecule has 0 radical (unpaired) electrons. The number of nitro benzene ring substituents is 1. The van der Waals surface area contributed by atoms with Crippen molar-refractivity contribution >= 4 is 45.6 Å². The summed E-state index contributed by atoms with van der Waals surface area (Å²) in [4.78, 5) is 39.4. The number of amides is 2. The van der Waals surface area contributed by atoms with Gasteiger partial charge in [-0.1, -0.05) is 29.8 Å². The summed E-state index contributed by atoms with van der Waals surface area (Å²) < 4.78 is 0. The highest BCUT2D eigenvalue weighted by molar-refractivity contribution is 7.15. The Morgan fingerprint density at radius 3 is 2.66 bits per heavy atom. The van der Waals surface area contributed by atoms with Gasteiger partial charge in [-0.3, -0.25) is 19.7 Å². The molecular weight excluding hydrogens is 416 g/mol. The number of hydrogen-bond donors (Lipinski definition) is 2. The maximum absolute atomic E-state index is 12.1. The van der Waals surface area contributed by atoms with Gasteiger partial charge in [0, 0.05) is 40.2 Å². The minimum absolute atomic E-state index is 0.103. The Morgan fingerprint density at radius 2 is 1.93 bits per heavy atom. The first kappa shape index (κ1) is 20.4. The first-order valence-corrected chi connectivity index (χ1v) is 9.62. The summed E-state index contributed by atoms with van der Waals surface area (Å²) in [6.07, 6.45) is 2.34. The number of nitro groups is 1. The van der Waals surface area contributed by atoms with Crippen LogP contribution in [0.2, 0.25) is 5.02 Å². The van der Waals surface area contributed by atoms with Crippen LogP contribution in [-0.4, -0.2) is 28.3 Å². The second kappa shape index (κ2) is 9.26. The van der Waals surface area contributed by atoms with Crippen molar-refractivity contribution in [1.82, 2.24) is 10.3 Å². The lowest BCUT2D eigenvalue weighted by atomic mass is 10.1. The highest BCUT2D eigenvalue weighted by Gasteiger charge is 2.13. The molecule has 29 heavy (non-hydrogen) atoms. The van der Waals surface area contributed by atoms with Crippen molar-refractivity contribution in [3.63, 3.8) is 0 Å². The smallest absolute Gasteiger partial charge is 0.270 e. The summed E-state index contributed by atoms with van der Waals surface area (Å²) in [5.41, 5.74) is 0.977. The molecule has 3 aromatic rings. The molecule has 0 saturated heterocycles.